The SMILES string of the molecule is O=C(CNC(=O)C1CCCCC1)Nn1cnc2scc(-c3ccccc3)c2c1=O. The number of hydrogen-bond acceptors (Lipinski definition) is 5. The van der Waals surface area contributed by atoms with Gasteiger partial charge in [-0.2, -0.15) is 0 Å². The third-order valence-corrected chi connectivity index (χ3v) is 6.11. The standard InChI is InChI=1S/C21H22N4O3S/c26-17(11-22-19(27)15-9-5-2-6-10-15)24-25-13-23-20-18(21(25)28)16(12-29-20)14-7-3-1-4-8-14/h1,3-4,7-8,12-13,15H,2,5-6,9-11H2,(H,22,27)(H,24,26). The average molecular weight is 410 g/mol. The Bertz CT molecular complexity index is 1080. The van der Waals surface area contributed by atoms with E-state index in [9.17, 15) is 14.4 Å². The highest BCUT2D eigenvalue weighted by Gasteiger charge is 2.21. The summed E-state index contributed by atoms with van der Waals surface area (Å²) in [6, 6.07) is 9.58. The van der Waals surface area contributed by atoms with Crippen LogP contribution >= 0.6 is 11.3 Å². The number of hydrogen-bond donors (Lipinski definition) is 2. The van der Waals surface area contributed by atoms with Crippen LogP contribution in [0.5, 0.6) is 0 Å². The first kappa shape index (κ1) is 19.3. The summed E-state index contributed by atoms with van der Waals surface area (Å²) in [4.78, 5) is 42.3. The number of nitrogens with zero attached hydrogens (tertiary/aromatic N) is 2. The Morgan fingerprint density at radius 2 is 1.90 bits per heavy atom. The van der Waals surface area contributed by atoms with Crippen LogP contribution in [0.4, 0.5) is 0 Å². The van der Waals surface area contributed by atoms with E-state index in [-0.39, 0.29) is 23.9 Å². The fraction of sp³-hybridized carbons (Fsp3) is 0.333. The number of aromatic nitrogens is 2. The van der Waals surface area contributed by atoms with E-state index in [1.807, 2.05) is 35.7 Å². The van der Waals surface area contributed by atoms with Gasteiger partial charge in [0.25, 0.3) is 11.5 Å². The zero-order chi connectivity index (χ0) is 20.2. The Morgan fingerprint density at radius 3 is 2.66 bits per heavy atom. The molecule has 0 spiro atoms. The zero-order valence-electron chi connectivity index (χ0n) is 15.9. The fourth-order valence-corrected chi connectivity index (χ4v) is 4.60. The van der Waals surface area contributed by atoms with E-state index < -0.39 is 5.91 Å². The van der Waals surface area contributed by atoms with E-state index in [0.29, 0.717) is 10.2 Å². The first-order chi connectivity index (χ1) is 14.1. The van der Waals surface area contributed by atoms with Crippen molar-refractivity contribution in [1.82, 2.24) is 15.0 Å². The van der Waals surface area contributed by atoms with Gasteiger partial charge in [-0.1, -0.05) is 49.6 Å². The molecule has 0 aliphatic heterocycles. The molecule has 1 saturated carbocycles. The lowest BCUT2D eigenvalue weighted by Gasteiger charge is -2.20. The van der Waals surface area contributed by atoms with Gasteiger partial charge in [-0.25, -0.2) is 9.66 Å². The quantitative estimate of drug-likeness (QED) is 0.676. The molecule has 3 aromatic rings. The van der Waals surface area contributed by atoms with Crippen LogP contribution in [0.2, 0.25) is 0 Å². The molecule has 2 amide bonds. The molecule has 1 aromatic carbocycles. The Hall–Kier alpha value is -3.00. The van der Waals surface area contributed by atoms with Gasteiger partial charge >= 0.3 is 0 Å². The first-order valence-corrected chi connectivity index (χ1v) is 10.6. The van der Waals surface area contributed by atoms with Crippen molar-refractivity contribution >= 4 is 33.4 Å². The molecule has 0 radical (unpaired) electrons. The minimum atomic E-state index is -0.464. The van der Waals surface area contributed by atoms with Gasteiger partial charge in [0.1, 0.15) is 11.2 Å². The van der Waals surface area contributed by atoms with Crippen molar-refractivity contribution in [2.45, 2.75) is 32.1 Å². The smallest absolute Gasteiger partial charge is 0.281 e. The summed E-state index contributed by atoms with van der Waals surface area (Å²) >= 11 is 1.39. The van der Waals surface area contributed by atoms with Crippen molar-refractivity contribution in [2.24, 2.45) is 5.92 Å². The predicted molar refractivity (Wildman–Crippen MR) is 113 cm³/mol. The molecule has 2 heterocycles. The first-order valence-electron chi connectivity index (χ1n) is 9.75. The number of thiophene rings is 1. The number of benzene rings is 1. The molecule has 7 nitrogen and oxygen atoms in total. The Balaban J connectivity index is 1.48. The largest absolute Gasteiger partial charge is 0.347 e. The predicted octanol–water partition coefficient (Wildman–Crippen LogP) is 2.89. The maximum atomic E-state index is 12.9. The van der Waals surface area contributed by atoms with Crippen molar-refractivity contribution in [3.63, 3.8) is 0 Å². The number of amides is 2. The topological polar surface area (TPSA) is 93.1 Å². The molecule has 0 bridgehead atoms. The van der Waals surface area contributed by atoms with Crippen LogP contribution in [0.1, 0.15) is 32.1 Å². The van der Waals surface area contributed by atoms with Crippen LogP contribution in [0.3, 0.4) is 0 Å². The highest BCUT2D eigenvalue weighted by atomic mass is 32.1. The number of nitrogens with one attached hydrogen (secondary N) is 2. The summed E-state index contributed by atoms with van der Waals surface area (Å²) in [7, 11) is 0. The van der Waals surface area contributed by atoms with Gasteiger partial charge in [0.2, 0.25) is 5.91 Å². The summed E-state index contributed by atoms with van der Waals surface area (Å²) in [6.45, 7) is -0.172. The van der Waals surface area contributed by atoms with Gasteiger partial charge in [-0.05, 0) is 18.4 Å². The van der Waals surface area contributed by atoms with Gasteiger partial charge in [0, 0.05) is 16.9 Å². The highest BCUT2D eigenvalue weighted by Crippen LogP contribution is 2.30. The molecular formula is C21H22N4O3S. The molecule has 0 unspecified atom stereocenters. The van der Waals surface area contributed by atoms with Crippen LogP contribution in [-0.4, -0.2) is 28.0 Å². The molecule has 4 rings (SSSR count). The van der Waals surface area contributed by atoms with Crippen LogP contribution in [0.25, 0.3) is 21.3 Å². The summed E-state index contributed by atoms with van der Waals surface area (Å²) in [6.07, 6.45) is 6.31. The molecular weight excluding hydrogens is 388 g/mol. The van der Waals surface area contributed by atoms with Crippen molar-refractivity contribution < 1.29 is 9.59 Å². The maximum Gasteiger partial charge on any atom is 0.281 e. The molecule has 0 saturated heterocycles. The summed E-state index contributed by atoms with van der Waals surface area (Å²) in [5.41, 5.74) is 3.88. The molecule has 1 aliphatic carbocycles. The van der Waals surface area contributed by atoms with E-state index in [4.69, 9.17) is 0 Å². The Morgan fingerprint density at radius 1 is 1.14 bits per heavy atom. The van der Waals surface area contributed by atoms with E-state index in [0.717, 1.165) is 47.9 Å². The fourth-order valence-electron chi connectivity index (χ4n) is 3.69. The minimum absolute atomic E-state index is 0.0171. The molecule has 2 aromatic heterocycles. The lowest BCUT2D eigenvalue weighted by Crippen LogP contribution is -2.41. The molecule has 150 valence electrons. The number of rotatable bonds is 5. The third kappa shape index (κ3) is 4.22. The second-order valence-electron chi connectivity index (χ2n) is 7.20. The molecule has 2 N–H and O–H groups in total. The van der Waals surface area contributed by atoms with Crippen molar-refractivity contribution in [3.8, 4) is 11.1 Å². The van der Waals surface area contributed by atoms with Crippen molar-refractivity contribution in [1.29, 1.82) is 0 Å². The highest BCUT2D eigenvalue weighted by molar-refractivity contribution is 7.17. The normalized spacial score (nSPS) is 14.6. The average Bonchev–Trinajstić information content (AvgIpc) is 3.20. The Labute approximate surface area is 171 Å². The van der Waals surface area contributed by atoms with Gasteiger partial charge in [-0.15, -0.1) is 11.3 Å². The number of carbonyl (C=O) groups excluding carboxylic acids is 2. The minimum Gasteiger partial charge on any atom is -0.347 e. The van der Waals surface area contributed by atoms with Crippen LogP contribution in [0, 0.1) is 5.92 Å². The number of carbonyl (C=O) groups is 2. The molecule has 1 aliphatic rings. The summed E-state index contributed by atoms with van der Waals surface area (Å²) in [5, 5.41) is 5.04. The van der Waals surface area contributed by atoms with E-state index >= 15 is 0 Å². The third-order valence-electron chi connectivity index (χ3n) is 5.22. The van der Waals surface area contributed by atoms with Gasteiger partial charge < -0.3 is 5.32 Å². The Kier molecular flexibility index (Phi) is 5.71. The van der Waals surface area contributed by atoms with E-state index in [2.05, 4.69) is 15.7 Å². The zero-order valence-corrected chi connectivity index (χ0v) is 16.7. The van der Waals surface area contributed by atoms with Crippen LogP contribution in [-0.2, 0) is 9.59 Å². The van der Waals surface area contributed by atoms with Crippen molar-refractivity contribution in [3.05, 3.63) is 52.4 Å². The van der Waals surface area contributed by atoms with Gasteiger partial charge in [0.15, 0.2) is 0 Å². The molecule has 1 fully saturated rings. The lowest BCUT2D eigenvalue weighted by molar-refractivity contribution is -0.128. The van der Waals surface area contributed by atoms with Gasteiger partial charge in [0.05, 0.1) is 11.9 Å². The molecule has 8 heteroatoms. The maximum absolute atomic E-state index is 12.9. The molecule has 0 atom stereocenters. The van der Waals surface area contributed by atoms with Gasteiger partial charge in [-0.3, -0.25) is 19.8 Å². The second-order valence-corrected chi connectivity index (χ2v) is 8.06. The summed E-state index contributed by atoms with van der Waals surface area (Å²) < 4.78 is 1.08. The second kappa shape index (κ2) is 8.57. The molecule has 29 heavy (non-hydrogen) atoms. The van der Waals surface area contributed by atoms with E-state index in [1.165, 1.54) is 17.7 Å². The lowest BCUT2D eigenvalue weighted by atomic mass is 9.89. The van der Waals surface area contributed by atoms with Crippen LogP contribution in [0.15, 0.2) is 46.8 Å². The van der Waals surface area contributed by atoms with Crippen LogP contribution < -0.4 is 16.3 Å². The van der Waals surface area contributed by atoms with Crippen molar-refractivity contribution in [2.75, 3.05) is 12.0 Å². The number of fused-ring (bicyclic) bond motifs is 1. The van der Waals surface area contributed by atoms with E-state index in [1.54, 1.807) is 0 Å². The summed E-state index contributed by atoms with van der Waals surface area (Å²) in [5.74, 6) is -0.574. The monoisotopic (exact) mass is 410 g/mol.